The number of aryl methyl sites for hydroxylation is 1. The molecule has 174 valence electrons. The van der Waals surface area contributed by atoms with E-state index in [9.17, 15) is 23.1 Å². The van der Waals surface area contributed by atoms with Crippen molar-refractivity contribution in [3.8, 4) is 11.1 Å². The number of carbonyl (C=O) groups is 1. The van der Waals surface area contributed by atoms with Crippen molar-refractivity contribution < 1.29 is 23.1 Å². The molecule has 0 spiro atoms. The van der Waals surface area contributed by atoms with E-state index >= 15 is 0 Å². The number of aliphatic hydroxyl groups excluding tert-OH is 1. The van der Waals surface area contributed by atoms with Crippen molar-refractivity contribution in [2.45, 2.75) is 38.9 Å². The first-order chi connectivity index (χ1) is 15.0. The predicted octanol–water partition coefficient (Wildman–Crippen LogP) is 5.31. The Hall–Kier alpha value is -2.52. The van der Waals surface area contributed by atoms with Gasteiger partial charge in [-0.05, 0) is 67.1 Å². The van der Waals surface area contributed by atoms with Gasteiger partial charge in [0.05, 0.1) is 6.61 Å². The van der Waals surface area contributed by atoms with E-state index in [1.54, 1.807) is 31.2 Å². The van der Waals surface area contributed by atoms with Crippen LogP contribution >= 0.6 is 11.6 Å². The molecule has 2 atom stereocenters. The van der Waals surface area contributed by atoms with Gasteiger partial charge in [0.15, 0.2) is 0 Å². The fraction of sp³-hybridized carbons (Fsp3) is 0.455. The van der Waals surface area contributed by atoms with E-state index in [1.165, 1.54) is 4.90 Å². The van der Waals surface area contributed by atoms with Crippen LogP contribution in [-0.4, -0.2) is 52.9 Å². The summed E-state index contributed by atoms with van der Waals surface area (Å²) >= 11 is 6.18. The summed E-state index contributed by atoms with van der Waals surface area (Å²) in [5, 5.41) is 15.4. The second kappa shape index (κ2) is 9.95. The Morgan fingerprint density at radius 1 is 1.34 bits per heavy atom. The zero-order valence-corrected chi connectivity index (χ0v) is 18.6. The van der Waals surface area contributed by atoms with Crippen LogP contribution < -0.4 is 10.6 Å². The Kier molecular flexibility index (Phi) is 7.51. The number of nitrogens with one attached hydrogen (secondary N) is 2. The highest BCUT2D eigenvalue weighted by Crippen LogP contribution is 2.32. The average Bonchev–Trinajstić information content (AvgIpc) is 3.15. The number of pyridine rings is 1. The van der Waals surface area contributed by atoms with E-state index in [0.717, 1.165) is 16.7 Å². The number of halogens is 4. The second-order valence-corrected chi connectivity index (χ2v) is 8.56. The lowest BCUT2D eigenvalue weighted by molar-refractivity contribution is -0.143. The molecule has 1 aromatic carbocycles. The third-order valence-electron chi connectivity index (χ3n) is 5.36. The van der Waals surface area contributed by atoms with E-state index in [-0.39, 0.29) is 24.3 Å². The summed E-state index contributed by atoms with van der Waals surface area (Å²) in [6.07, 6.45) is -4.76. The van der Waals surface area contributed by atoms with Gasteiger partial charge < -0.3 is 20.6 Å². The van der Waals surface area contributed by atoms with Crippen LogP contribution in [0.25, 0.3) is 11.1 Å². The number of rotatable bonds is 6. The second-order valence-electron chi connectivity index (χ2n) is 8.17. The van der Waals surface area contributed by atoms with Crippen molar-refractivity contribution in [3.05, 3.63) is 41.0 Å². The van der Waals surface area contributed by atoms with Crippen LogP contribution in [0.2, 0.25) is 5.15 Å². The highest BCUT2D eigenvalue weighted by molar-refractivity contribution is 6.29. The quantitative estimate of drug-likeness (QED) is 0.500. The highest BCUT2D eigenvalue weighted by atomic mass is 35.5. The van der Waals surface area contributed by atoms with Gasteiger partial charge in [0, 0.05) is 31.2 Å². The number of amides is 2. The highest BCUT2D eigenvalue weighted by Gasteiger charge is 2.36. The van der Waals surface area contributed by atoms with Gasteiger partial charge in [0.2, 0.25) is 0 Å². The molecule has 0 radical (unpaired) electrons. The molecule has 0 unspecified atom stereocenters. The number of benzene rings is 1. The minimum absolute atomic E-state index is 0.0651. The van der Waals surface area contributed by atoms with Crippen molar-refractivity contribution >= 4 is 29.1 Å². The zero-order valence-electron chi connectivity index (χ0n) is 17.8. The molecule has 32 heavy (non-hydrogen) atoms. The lowest BCUT2D eigenvalue weighted by Crippen LogP contribution is -2.33. The van der Waals surface area contributed by atoms with E-state index in [0.29, 0.717) is 24.5 Å². The maximum Gasteiger partial charge on any atom is 0.389 e. The number of aromatic nitrogens is 1. The Morgan fingerprint density at radius 3 is 2.78 bits per heavy atom. The first-order valence-corrected chi connectivity index (χ1v) is 10.7. The summed E-state index contributed by atoms with van der Waals surface area (Å²) in [4.78, 5) is 18.2. The zero-order chi connectivity index (χ0) is 23.5. The van der Waals surface area contributed by atoms with Crippen molar-refractivity contribution in [1.29, 1.82) is 0 Å². The summed E-state index contributed by atoms with van der Waals surface area (Å²) in [5.41, 5.74) is 3.07. The Balaban J connectivity index is 1.75. The molecular formula is C22H26ClF3N4O2. The summed E-state index contributed by atoms with van der Waals surface area (Å²) in [5.74, 6) is -0.0591. The van der Waals surface area contributed by atoms with Crippen molar-refractivity contribution in [1.82, 2.24) is 9.88 Å². The maximum absolute atomic E-state index is 12.6. The van der Waals surface area contributed by atoms with Crippen molar-refractivity contribution in [2.24, 2.45) is 5.92 Å². The van der Waals surface area contributed by atoms with E-state index in [2.05, 4.69) is 15.6 Å². The summed E-state index contributed by atoms with van der Waals surface area (Å²) in [7, 11) is 0. The Morgan fingerprint density at radius 2 is 2.09 bits per heavy atom. The predicted molar refractivity (Wildman–Crippen MR) is 119 cm³/mol. The molecule has 3 N–H and O–H groups in total. The molecule has 1 fully saturated rings. The molecule has 6 nitrogen and oxygen atoms in total. The molecular weight excluding hydrogens is 445 g/mol. The number of carbonyl (C=O) groups excluding carboxylic acids is 1. The maximum atomic E-state index is 12.6. The molecule has 0 aliphatic carbocycles. The van der Waals surface area contributed by atoms with Gasteiger partial charge in [-0.2, -0.15) is 13.2 Å². The number of hydrogen-bond donors (Lipinski definition) is 3. The minimum atomic E-state index is -4.22. The van der Waals surface area contributed by atoms with Crippen LogP contribution in [0.15, 0.2) is 30.3 Å². The topological polar surface area (TPSA) is 77.5 Å². The van der Waals surface area contributed by atoms with Gasteiger partial charge in [-0.15, -0.1) is 0 Å². The van der Waals surface area contributed by atoms with Gasteiger partial charge in [0.1, 0.15) is 11.0 Å². The smallest absolute Gasteiger partial charge is 0.389 e. The standard InChI is InChI=1S/C22H26ClF3N4O2/c1-13-3-4-17(28-21(32)30-6-5-15(11-30)10-22(24,25)26)9-18(13)16-7-19(23)29-20(8-16)27-14(2)12-31/h3-4,7-9,14-15,31H,5-6,10-12H2,1-2H3,(H,27,29)(H,28,32)/t14-,15+/m1/s1. The Bertz CT molecular complexity index is 971. The van der Waals surface area contributed by atoms with E-state index < -0.39 is 24.5 Å². The normalized spacial score (nSPS) is 17.3. The lowest BCUT2D eigenvalue weighted by atomic mass is 10.0. The van der Waals surface area contributed by atoms with Crippen molar-refractivity contribution in [3.63, 3.8) is 0 Å². The number of alkyl halides is 3. The molecule has 1 aromatic heterocycles. The van der Waals surface area contributed by atoms with Gasteiger partial charge >= 0.3 is 12.2 Å². The fourth-order valence-electron chi connectivity index (χ4n) is 3.75. The summed E-state index contributed by atoms with van der Waals surface area (Å²) < 4.78 is 37.9. The Labute approximate surface area is 189 Å². The van der Waals surface area contributed by atoms with Crippen LogP contribution in [0.3, 0.4) is 0 Å². The fourth-order valence-corrected chi connectivity index (χ4v) is 3.96. The average molecular weight is 471 g/mol. The molecule has 1 aliphatic rings. The van der Waals surface area contributed by atoms with Gasteiger partial charge in [-0.3, -0.25) is 0 Å². The third kappa shape index (κ3) is 6.49. The molecule has 2 heterocycles. The van der Waals surface area contributed by atoms with E-state index in [4.69, 9.17) is 11.6 Å². The number of nitrogens with zero attached hydrogens (tertiary/aromatic N) is 2. The molecule has 0 bridgehead atoms. The van der Waals surface area contributed by atoms with Crippen LogP contribution in [-0.2, 0) is 0 Å². The molecule has 2 amide bonds. The number of likely N-dealkylation sites (tertiary alicyclic amines) is 1. The van der Waals surface area contributed by atoms with E-state index in [1.807, 2.05) is 13.0 Å². The third-order valence-corrected chi connectivity index (χ3v) is 5.55. The number of hydrogen-bond acceptors (Lipinski definition) is 4. The van der Waals surface area contributed by atoms with Crippen LogP contribution in [0.1, 0.15) is 25.3 Å². The van der Waals surface area contributed by atoms with Crippen LogP contribution in [0, 0.1) is 12.8 Å². The SMILES string of the molecule is Cc1ccc(NC(=O)N2CC[C@@H](CC(F)(F)F)C2)cc1-c1cc(Cl)nc(N[C@H](C)CO)c1. The van der Waals surface area contributed by atoms with Crippen LogP contribution in [0.4, 0.5) is 29.5 Å². The summed E-state index contributed by atoms with van der Waals surface area (Å²) in [6.45, 7) is 4.04. The van der Waals surface area contributed by atoms with Gasteiger partial charge in [-0.1, -0.05) is 17.7 Å². The number of urea groups is 1. The van der Waals surface area contributed by atoms with Gasteiger partial charge in [-0.25, -0.2) is 9.78 Å². The molecule has 1 aliphatic heterocycles. The number of anilines is 2. The number of aliphatic hydroxyl groups is 1. The molecule has 10 heteroatoms. The largest absolute Gasteiger partial charge is 0.394 e. The molecule has 0 saturated carbocycles. The summed E-state index contributed by atoms with van der Waals surface area (Å²) in [6, 6.07) is 8.26. The lowest BCUT2D eigenvalue weighted by Gasteiger charge is -2.19. The molecule has 3 rings (SSSR count). The molecule has 2 aromatic rings. The van der Waals surface area contributed by atoms with Gasteiger partial charge in [0.25, 0.3) is 0 Å². The van der Waals surface area contributed by atoms with Crippen molar-refractivity contribution in [2.75, 3.05) is 30.3 Å². The monoisotopic (exact) mass is 470 g/mol. The van der Waals surface area contributed by atoms with Crippen LogP contribution in [0.5, 0.6) is 0 Å². The molecule has 1 saturated heterocycles. The first-order valence-electron chi connectivity index (χ1n) is 10.3. The first kappa shape index (κ1) is 24.1. The minimum Gasteiger partial charge on any atom is -0.394 e.